The normalized spacial score (nSPS) is 11.9. The summed E-state index contributed by atoms with van der Waals surface area (Å²) in [4.78, 5) is 0. The van der Waals surface area contributed by atoms with Crippen molar-refractivity contribution in [2.24, 2.45) is 0 Å². The van der Waals surface area contributed by atoms with Gasteiger partial charge in [-0.25, -0.2) is 0 Å². The van der Waals surface area contributed by atoms with Gasteiger partial charge >= 0.3 is 0 Å². The molecule has 2 aromatic carbocycles. The Morgan fingerprint density at radius 1 is 0.947 bits per heavy atom. The lowest BCUT2D eigenvalue weighted by Gasteiger charge is -2.14. The number of halogens is 3. The number of nitrogen functional groups attached to an aromatic ring is 1. The van der Waals surface area contributed by atoms with Crippen LogP contribution in [0.3, 0.4) is 0 Å². The molecule has 19 heavy (non-hydrogen) atoms. The highest BCUT2D eigenvalue weighted by Crippen LogP contribution is 2.35. The van der Waals surface area contributed by atoms with Crippen LogP contribution in [0.1, 0.15) is 17.0 Å². The topological polar surface area (TPSA) is 49.8 Å². The minimum absolute atomic E-state index is 0.437. The largest absolute Gasteiger partial charge is 0.399 e. The van der Waals surface area contributed by atoms with Gasteiger partial charge in [-0.05, 0) is 35.4 Å². The second-order valence-electron chi connectivity index (χ2n) is 4.01. The molecular weight excluding hydrogens is 303 g/mol. The summed E-state index contributed by atoms with van der Waals surface area (Å²) >= 11 is 18.1. The lowest BCUT2D eigenvalue weighted by Crippen LogP contribution is -2.01. The van der Waals surface area contributed by atoms with E-state index in [1.807, 2.05) is 0 Å². The van der Waals surface area contributed by atoms with Gasteiger partial charge in [-0.3, -0.25) is 0 Å². The molecule has 0 aliphatic rings. The van der Waals surface area contributed by atoms with Gasteiger partial charge < -0.3 is 5.73 Å². The molecule has 1 atom stereocenters. The Hall–Kier alpha value is -1.40. The Balaban J connectivity index is 2.54. The number of nitrogens with zero attached hydrogens (tertiary/aromatic N) is 1. The van der Waals surface area contributed by atoms with Gasteiger partial charge in [0, 0.05) is 20.8 Å². The highest BCUT2D eigenvalue weighted by molar-refractivity contribution is 6.35. The number of nitrogens with two attached hydrogens (primary N) is 1. The van der Waals surface area contributed by atoms with Crippen LogP contribution in [-0.4, -0.2) is 0 Å². The van der Waals surface area contributed by atoms with Crippen molar-refractivity contribution in [2.75, 3.05) is 5.73 Å². The smallest absolute Gasteiger partial charge is 0.0991 e. The predicted molar refractivity (Wildman–Crippen MR) is 79.8 cm³/mol. The molecule has 96 valence electrons. The number of hydrogen-bond donors (Lipinski definition) is 1. The SMILES string of the molecule is N#CC(c1ccc(N)cc1Cl)c1ccc(Cl)cc1Cl. The first kappa shape index (κ1) is 14.0. The molecule has 0 saturated heterocycles. The Kier molecular flexibility index (Phi) is 4.21. The zero-order valence-electron chi connectivity index (χ0n) is 9.70. The maximum absolute atomic E-state index is 9.39. The zero-order valence-corrected chi connectivity index (χ0v) is 12.0. The third-order valence-electron chi connectivity index (χ3n) is 2.74. The molecule has 2 rings (SSSR count). The molecule has 0 spiro atoms. The predicted octanol–water partition coefficient (Wildman–Crippen LogP) is 4.88. The summed E-state index contributed by atoms with van der Waals surface area (Å²) in [7, 11) is 0. The van der Waals surface area contributed by atoms with Crippen molar-refractivity contribution in [2.45, 2.75) is 5.92 Å². The summed E-state index contributed by atoms with van der Waals surface area (Å²) in [5.41, 5.74) is 7.53. The minimum Gasteiger partial charge on any atom is -0.399 e. The first-order chi connectivity index (χ1) is 9.02. The van der Waals surface area contributed by atoms with Gasteiger partial charge in [0.25, 0.3) is 0 Å². The van der Waals surface area contributed by atoms with Crippen LogP contribution in [-0.2, 0) is 0 Å². The lowest BCUT2D eigenvalue weighted by molar-refractivity contribution is 1.04. The van der Waals surface area contributed by atoms with Gasteiger partial charge in [-0.15, -0.1) is 0 Å². The van der Waals surface area contributed by atoms with Gasteiger partial charge in [0.05, 0.1) is 12.0 Å². The molecular formula is C14H9Cl3N2. The van der Waals surface area contributed by atoms with Crippen LogP contribution in [0, 0.1) is 11.3 Å². The maximum atomic E-state index is 9.39. The fourth-order valence-corrected chi connectivity index (χ4v) is 2.64. The van der Waals surface area contributed by atoms with E-state index in [0.717, 1.165) is 0 Å². The molecule has 2 aromatic rings. The first-order valence-corrected chi connectivity index (χ1v) is 6.56. The van der Waals surface area contributed by atoms with E-state index in [9.17, 15) is 5.26 Å². The molecule has 0 heterocycles. The van der Waals surface area contributed by atoms with E-state index in [1.54, 1.807) is 36.4 Å². The lowest BCUT2D eigenvalue weighted by atomic mass is 9.92. The van der Waals surface area contributed by atoms with E-state index in [-0.39, 0.29) is 0 Å². The standard InChI is InChI=1S/C14H9Cl3N2/c15-8-1-3-10(13(16)5-8)12(7-18)11-4-2-9(19)6-14(11)17/h1-6,12H,19H2. The molecule has 0 aliphatic carbocycles. The van der Waals surface area contributed by atoms with Crippen molar-refractivity contribution in [3.8, 4) is 6.07 Å². The summed E-state index contributed by atoms with van der Waals surface area (Å²) in [6.07, 6.45) is 0. The fourth-order valence-electron chi connectivity index (χ4n) is 1.82. The van der Waals surface area contributed by atoms with Crippen LogP contribution < -0.4 is 5.73 Å². The molecule has 2 nitrogen and oxygen atoms in total. The van der Waals surface area contributed by atoms with Gasteiger partial charge in [0.15, 0.2) is 0 Å². The number of nitriles is 1. The van der Waals surface area contributed by atoms with Crippen molar-refractivity contribution in [1.82, 2.24) is 0 Å². The highest BCUT2D eigenvalue weighted by atomic mass is 35.5. The Morgan fingerprint density at radius 2 is 1.53 bits per heavy atom. The summed E-state index contributed by atoms with van der Waals surface area (Å²) in [6.45, 7) is 0. The maximum Gasteiger partial charge on any atom is 0.0991 e. The van der Waals surface area contributed by atoms with Gasteiger partial charge in [0.2, 0.25) is 0 Å². The Morgan fingerprint density at radius 3 is 2.05 bits per heavy atom. The van der Waals surface area contributed by atoms with Crippen LogP contribution in [0.5, 0.6) is 0 Å². The zero-order chi connectivity index (χ0) is 14.0. The summed E-state index contributed by atoms with van der Waals surface area (Å²) in [5.74, 6) is -0.558. The number of benzene rings is 2. The van der Waals surface area contributed by atoms with Crippen molar-refractivity contribution in [3.63, 3.8) is 0 Å². The second-order valence-corrected chi connectivity index (χ2v) is 5.26. The molecule has 2 N–H and O–H groups in total. The van der Waals surface area contributed by atoms with Crippen LogP contribution in [0.15, 0.2) is 36.4 Å². The second kappa shape index (κ2) is 5.71. The molecule has 5 heteroatoms. The molecule has 0 bridgehead atoms. The van der Waals surface area contributed by atoms with E-state index in [4.69, 9.17) is 40.5 Å². The summed E-state index contributed by atoms with van der Waals surface area (Å²) in [5, 5.41) is 10.8. The van der Waals surface area contributed by atoms with Crippen molar-refractivity contribution in [3.05, 3.63) is 62.6 Å². The van der Waals surface area contributed by atoms with Gasteiger partial charge in [-0.2, -0.15) is 5.26 Å². The van der Waals surface area contributed by atoms with Crippen molar-refractivity contribution < 1.29 is 0 Å². The molecule has 0 saturated carbocycles. The van der Waals surface area contributed by atoms with Crippen LogP contribution in [0.25, 0.3) is 0 Å². The van der Waals surface area contributed by atoms with Crippen LogP contribution >= 0.6 is 34.8 Å². The third kappa shape index (κ3) is 2.96. The fraction of sp³-hybridized carbons (Fsp3) is 0.0714. The van der Waals surface area contributed by atoms with E-state index in [2.05, 4.69) is 6.07 Å². The van der Waals surface area contributed by atoms with E-state index in [0.29, 0.717) is 31.9 Å². The number of hydrogen-bond acceptors (Lipinski definition) is 2. The van der Waals surface area contributed by atoms with E-state index in [1.165, 1.54) is 0 Å². The van der Waals surface area contributed by atoms with Crippen LogP contribution in [0.4, 0.5) is 5.69 Å². The molecule has 0 amide bonds. The highest BCUT2D eigenvalue weighted by Gasteiger charge is 2.19. The summed E-state index contributed by atoms with van der Waals surface area (Å²) in [6, 6.07) is 12.3. The quantitative estimate of drug-likeness (QED) is 0.803. The van der Waals surface area contributed by atoms with Gasteiger partial charge in [0.1, 0.15) is 0 Å². The number of rotatable bonds is 2. The van der Waals surface area contributed by atoms with Gasteiger partial charge in [-0.1, -0.05) is 46.9 Å². The van der Waals surface area contributed by atoms with Crippen molar-refractivity contribution in [1.29, 1.82) is 5.26 Å². The van der Waals surface area contributed by atoms with E-state index >= 15 is 0 Å². The first-order valence-electron chi connectivity index (χ1n) is 5.42. The van der Waals surface area contributed by atoms with Crippen molar-refractivity contribution >= 4 is 40.5 Å². The minimum atomic E-state index is -0.558. The molecule has 0 fully saturated rings. The van der Waals surface area contributed by atoms with Crippen LogP contribution in [0.2, 0.25) is 15.1 Å². The van der Waals surface area contributed by atoms with E-state index < -0.39 is 5.92 Å². The number of anilines is 1. The summed E-state index contributed by atoms with van der Waals surface area (Å²) < 4.78 is 0. The third-order valence-corrected chi connectivity index (χ3v) is 3.63. The molecule has 0 radical (unpaired) electrons. The molecule has 0 aliphatic heterocycles. The molecule has 1 unspecified atom stereocenters. The Labute approximate surface area is 126 Å². The average molecular weight is 312 g/mol. The molecule has 0 aromatic heterocycles. The Bertz CT molecular complexity index is 611. The average Bonchev–Trinajstić information content (AvgIpc) is 2.34. The monoisotopic (exact) mass is 310 g/mol.